The fraction of sp³-hybridized carbons (Fsp3) is 0.640. The minimum atomic E-state index is -0.738. The molecule has 0 fully saturated rings. The number of nitrogens with zero attached hydrogens (tertiary/aromatic N) is 1. The highest BCUT2D eigenvalue weighted by Crippen LogP contribution is 2.12. The molecule has 0 radical (unpaired) electrons. The first-order chi connectivity index (χ1) is 13.8. The zero-order valence-corrected chi connectivity index (χ0v) is 17.8. The normalized spacial score (nSPS) is 14.1. The molecule has 3 nitrogen and oxygen atoms in total. The summed E-state index contributed by atoms with van der Waals surface area (Å²) in [5.41, 5.74) is 0.970. The van der Waals surface area contributed by atoms with Crippen molar-refractivity contribution in [2.45, 2.75) is 96.1 Å². The van der Waals surface area contributed by atoms with Gasteiger partial charge in [0.15, 0.2) is 0 Å². The predicted octanol–water partition coefficient (Wildman–Crippen LogP) is 6.08. The largest absolute Gasteiger partial charge is 0.394 e. The molecule has 2 atom stereocenters. The molecule has 0 saturated heterocycles. The van der Waals surface area contributed by atoms with E-state index in [-0.39, 0.29) is 6.61 Å². The molecule has 0 unspecified atom stereocenters. The number of aliphatic hydroxyl groups excluding tert-OH is 2. The second kappa shape index (κ2) is 17.6. The number of unbranched alkanes of at least 4 members (excludes halogenated alkanes) is 11. The van der Waals surface area contributed by atoms with Crippen LogP contribution >= 0.6 is 0 Å². The number of hydrogen-bond acceptors (Lipinski definition) is 3. The fourth-order valence-electron chi connectivity index (χ4n) is 3.25. The van der Waals surface area contributed by atoms with Crippen LogP contribution in [0.15, 0.2) is 47.5 Å². The molecular formula is C25H41NO2. The van der Waals surface area contributed by atoms with Gasteiger partial charge in [-0.1, -0.05) is 114 Å². The molecule has 0 heterocycles. The Morgan fingerprint density at radius 2 is 1.43 bits per heavy atom. The molecule has 0 aliphatic rings. The van der Waals surface area contributed by atoms with Gasteiger partial charge in [0.05, 0.1) is 12.7 Å². The van der Waals surface area contributed by atoms with E-state index in [1.54, 1.807) is 12.3 Å². The van der Waals surface area contributed by atoms with Crippen molar-refractivity contribution in [3.8, 4) is 0 Å². The van der Waals surface area contributed by atoms with Crippen molar-refractivity contribution in [3.63, 3.8) is 0 Å². The maximum Gasteiger partial charge on any atom is 0.102 e. The van der Waals surface area contributed by atoms with Crippen molar-refractivity contribution in [3.05, 3.63) is 48.0 Å². The van der Waals surface area contributed by atoms with E-state index in [1.165, 1.54) is 64.2 Å². The quantitative estimate of drug-likeness (QED) is 0.193. The van der Waals surface area contributed by atoms with Gasteiger partial charge in [-0.2, -0.15) is 0 Å². The van der Waals surface area contributed by atoms with Crippen LogP contribution in [0, 0.1) is 0 Å². The van der Waals surface area contributed by atoms with Crippen LogP contribution in [-0.2, 0) is 0 Å². The highest BCUT2D eigenvalue weighted by molar-refractivity contribution is 5.79. The second-order valence-corrected chi connectivity index (χ2v) is 7.68. The molecule has 0 aliphatic heterocycles. The molecule has 1 aromatic carbocycles. The van der Waals surface area contributed by atoms with Crippen LogP contribution in [0.1, 0.15) is 89.5 Å². The van der Waals surface area contributed by atoms with Crippen molar-refractivity contribution in [1.29, 1.82) is 0 Å². The minimum absolute atomic E-state index is 0.159. The van der Waals surface area contributed by atoms with Gasteiger partial charge in [0.1, 0.15) is 6.04 Å². The topological polar surface area (TPSA) is 52.8 Å². The Morgan fingerprint density at radius 1 is 0.857 bits per heavy atom. The van der Waals surface area contributed by atoms with Crippen molar-refractivity contribution in [2.75, 3.05) is 6.61 Å². The number of rotatable bonds is 17. The van der Waals surface area contributed by atoms with E-state index >= 15 is 0 Å². The zero-order valence-electron chi connectivity index (χ0n) is 17.8. The lowest BCUT2D eigenvalue weighted by atomic mass is 10.0. The van der Waals surface area contributed by atoms with E-state index in [2.05, 4.69) is 11.9 Å². The van der Waals surface area contributed by atoms with Crippen molar-refractivity contribution >= 4 is 6.21 Å². The predicted molar refractivity (Wildman–Crippen MR) is 121 cm³/mol. The molecule has 1 rings (SSSR count). The third-order valence-electron chi connectivity index (χ3n) is 5.10. The lowest BCUT2D eigenvalue weighted by molar-refractivity contribution is 0.145. The Kier molecular flexibility index (Phi) is 15.5. The van der Waals surface area contributed by atoms with Gasteiger partial charge in [-0.25, -0.2) is 0 Å². The summed E-state index contributed by atoms with van der Waals surface area (Å²) < 4.78 is 0. The maximum atomic E-state index is 10.2. The molecule has 0 saturated carbocycles. The maximum absolute atomic E-state index is 10.2. The fourth-order valence-corrected chi connectivity index (χ4v) is 3.25. The zero-order chi connectivity index (χ0) is 20.3. The van der Waals surface area contributed by atoms with E-state index < -0.39 is 12.1 Å². The number of benzene rings is 1. The van der Waals surface area contributed by atoms with Crippen LogP contribution in [0.25, 0.3) is 0 Å². The highest BCUT2D eigenvalue weighted by atomic mass is 16.3. The molecule has 1 aromatic rings. The standard InChI is InChI=1S/C25H41NO2/c1-2-3-4-5-6-7-8-9-10-11-12-13-17-20-25(28)24(22-27)26-21-23-18-15-14-16-19-23/h14-21,24-25,27-28H,2-13,22H2,1H3/b20-17+,26-21?/t24-,25+/m0/s1. The molecular weight excluding hydrogens is 346 g/mol. The Hall–Kier alpha value is -1.45. The third kappa shape index (κ3) is 12.9. The van der Waals surface area contributed by atoms with E-state index in [4.69, 9.17) is 0 Å². The number of aliphatic hydroxyl groups is 2. The van der Waals surface area contributed by atoms with Crippen molar-refractivity contribution in [2.24, 2.45) is 4.99 Å². The third-order valence-corrected chi connectivity index (χ3v) is 5.10. The molecule has 0 amide bonds. The summed E-state index contributed by atoms with van der Waals surface area (Å²) in [7, 11) is 0. The summed E-state index contributed by atoms with van der Waals surface area (Å²) in [6, 6.07) is 9.24. The van der Waals surface area contributed by atoms with Gasteiger partial charge in [0.25, 0.3) is 0 Å². The lowest BCUT2D eigenvalue weighted by Crippen LogP contribution is -2.26. The van der Waals surface area contributed by atoms with E-state index in [0.29, 0.717) is 0 Å². The van der Waals surface area contributed by atoms with Crippen molar-refractivity contribution < 1.29 is 10.2 Å². The van der Waals surface area contributed by atoms with Crippen molar-refractivity contribution in [1.82, 2.24) is 0 Å². The van der Waals surface area contributed by atoms with Crippen LogP contribution in [0.3, 0.4) is 0 Å². The first-order valence-electron chi connectivity index (χ1n) is 11.3. The SMILES string of the molecule is CCCCCCCCCCCCC/C=C/[C@@H](O)[C@H](CO)N=Cc1ccccc1. The lowest BCUT2D eigenvalue weighted by Gasteiger charge is -2.13. The second-order valence-electron chi connectivity index (χ2n) is 7.68. The molecule has 2 N–H and O–H groups in total. The van der Waals surface area contributed by atoms with Gasteiger partial charge in [0.2, 0.25) is 0 Å². The summed E-state index contributed by atoms with van der Waals surface area (Å²) in [5.74, 6) is 0. The molecule has 158 valence electrons. The minimum Gasteiger partial charge on any atom is -0.394 e. The van der Waals surface area contributed by atoms with Gasteiger partial charge in [0, 0.05) is 6.21 Å². The average Bonchev–Trinajstić information content (AvgIpc) is 2.72. The van der Waals surface area contributed by atoms with Gasteiger partial charge < -0.3 is 10.2 Å². The summed E-state index contributed by atoms with van der Waals surface area (Å²) in [6.45, 7) is 2.11. The van der Waals surface area contributed by atoms with Crippen LogP contribution < -0.4 is 0 Å². The van der Waals surface area contributed by atoms with E-state index in [1.807, 2.05) is 36.4 Å². The molecule has 28 heavy (non-hydrogen) atoms. The Labute approximate surface area is 172 Å². The monoisotopic (exact) mass is 387 g/mol. The van der Waals surface area contributed by atoms with Crippen LogP contribution in [-0.4, -0.2) is 35.2 Å². The van der Waals surface area contributed by atoms with Gasteiger partial charge in [-0.05, 0) is 18.4 Å². The number of hydrogen-bond donors (Lipinski definition) is 2. The molecule has 0 aliphatic carbocycles. The smallest absolute Gasteiger partial charge is 0.102 e. The van der Waals surface area contributed by atoms with Crippen LogP contribution in [0.5, 0.6) is 0 Å². The molecule has 0 aromatic heterocycles. The summed E-state index contributed by atoms with van der Waals surface area (Å²) in [6.07, 6.45) is 20.5. The Balaban J connectivity index is 2.06. The van der Waals surface area contributed by atoms with E-state index in [9.17, 15) is 10.2 Å². The number of allylic oxidation sites excluding steroid dienone is 1. The Bertz CT molecular complexity index is 513. The van der Waals surface area contributed by atoms with Gasteiger partial charge in [-0.3, -0.25) is 4.99 Å². The van der Waals surface area contributed by atoms with Crippen LogP contribution in [0.4, 0.5) is 0 Å². The first kappa shape index (κ1) is 24.6. The molecule has 3 heteroatoms. The van der Waals surface area contributed by atoms with Gasteiger partial charge in [-0.15, -0.1) is 0 Å². The summed E-state index contributed by atoms with van der Waals surface area (Å²) in [4.78, 5) is 4.32. The van der Waals surface area contributed by atoms with Crippen LogP contribution in [0.2, 0.25) is 0 Å². The Morgan fingerprint density at radius 3 is 2.00 bits per heavy atom. The first-order valence-corrected chi connectivity index (χ1v) is 11.3. The highest BCUT2D eigenvalue weighted by Gasteiger charge is 2.13. The molecule has 0 spiro atoms. The van der Waals surface area contributed by atoms with E-state index in [0.717, 1.165) is 18.4 Å². The molecule has 0 bridgehead atoms. The summed E-state index contributed by atoms with van der Waals surface area (Å²) in [5, 5.41) is 19.7. The number of aliphatic imine (C=N–C) groups is 1. The average molecular weight is 388 g/mol. The van der Waals surface area contributed by atoms with Gasteiger partial charge >= 0.3 is 0 Å². The summed E-state index contributed by atoms with van der Waals surface area (Å²) >= 11 is 0.